The maximum absolute atomic E-state index is 13.2. The maximum atomic E-state index is 13.2. The van der Waals surface area contributed by atoms with Gasteiger partial charge in [-0.1, -0.05) is 6.42 Å². The van der Waals surface area contributed by atoms with E-state index in [1.807, 2.05) is 5.01 Å². The van der Waals surface area contributed by atoms with Crippen LogP contribution in [0, 0.1) is 5.82 Å². The van der Waals surface area contributed by atoms with Gasteiger partial charge in [0.25, 0.3) is 0 Å². The van der Waals surface area contributed by atoms with Gasteiger partial charge in [-0.15, -0.1) is 0 Å². The Kier molecular flexibility index (Phi) is 4.42. The molecule has 1 aliphatic heterocycles. The molecule has 6 heteroatoms. The number of nitrogens with zero attached hydrogens (tertiary/aromatic N) is 1. The number of nitrogens with one attached hydrogen (secondary N) is 1. The molecule has 2 rings (SSSR count). The molecule has 0 aliphatic carbocycles. The molecule has 1 N–H and O–H groups in total. The number of rotatable bonds is 3. The number of alkyl halides is 3. The summed E-state index contributed by atoms with van der Waals surface area (Å²) in [6.45, 7) is 1.96. The molecule has 0 atom stereocenters. The summed E-state index contributed by atoms with van der Waals surface area (Å²) in [5.74, 6) is -0.856. The van der Waals surface area contributed by atoms with Crippen molar-refractivity contribution in [2.24, 2.45) is 0 Å². The van der Waals surface area contributed by atoms with Crippen LogP contribution in [0.1, 0.15) is 30.4 Å². The van der Waals surface area contributed by atoms with Gasteiger partial charge < -0.3 is 0 Å². The summed E-state index contributed by atoms with van der Waals surface area (Å²) in [6, 6.07) is 2.64. The highest BCUT2D eigenvalue weighted by Crippen LogP contribution is 2.30. The van der Waals surface area contributed by atoms with E-state index in [9.17, 15) is 17.6 Å². The largest absolute Gasteiger partial charge is 0.416 e. The Balaban J connectivity index is 2.01. The highest BCUT2D eigenvalue weighted by molar-refractivity contribution is 5.26. The number of benzene rings is 1. The van der Waals surface area contributed by atoms with E-state index in [4.69, 9.17) is 0 Å². The van der Waals surface area contributed by atoms with E-state index in [2.05, 4.69) is 5.43 Å². The summed E-state index contributed by atoms with van der Waals surface area (Å²) in [4.78, 5) is 0. The van der Waals surface area contributed by atoms with E-state index in [1.165, 1.54) is 6.42 Å². The zero-order chi connectivity index (χ0) is 13.9. The van der Waals surface area contributed by atoms with Crippen LogP contribution in [0.2, 0.25) is 0 Å². The Hall–Kier alpha value is -1.14. The summed E-state index contributed by atoms with van der Waals surface area (Å²) in [5.41, 5.74) is 2.40. The van der Waals surface area contributed by atoms with Crippen molar-refractivity contribution in [3.8, 4) is 0 Å². The zero-order valence-corrected chi connectivity index (χ0v) is 10.4. The zero-order valence-electron chi connectivity index (χ0n) is 10.4. The number of halogens is 4. The molecule has 1 heterocycles. The van der Waals surface area contributed by atoms with Crippen molar-refractivity contribution in [1.29, 1.82) is 0 Å². The van der Waals surface area contributed by atoms with Crippen LogP contribution in [0.4, 0.5) is 17.6 Å². The second kappa shape index (κ2) is 5.88. The third-order valence-electron chi connectivity index (χ3n) is 3.15. The highest BCUT2D eigenvalue weighted by atomic mass is 19.4. The minimum absolute atomic E-state index is 0.209. The second-order valence-corrected chi connectivity index (χ2v) is 4.73. The van der Waals surface area contributed by atoms with E-state index < -0.39 is 17.6 Å². The van der Waals surface area contributed by atoms with Gasteiger partial charge in [0.2, 0.25) is 0 Å². The molecule has 0 bridgehead atoms. The van der Waals surface area contributed by atoms with Gasteiger partial charge in [0.15, 0.2) is 0 Å². The first-order chi connectivity index (χ1) is 8.95. The van der Waals surface area contributed by atoms with Crippen molar-refractivity contribution < 1.29 is 17.6 Å². The fourth-order valence-corrected chi connectivity index (χ4v) is 2.17. The average molecular weight is 276 g/mol. The first kappa shape index (κ1) is 14.3. The average Bonchev–Trinajstić information content (AvgIpc) is 2.36. The van der Waals surface area contributed by atoms with Gasteiger partial charge in [-0.05, 0) is 36.6 Å². The molecular formula is C13H16F4N2. The van der Waals surface area contributed by atoms with Crippen LogP contribution >= 0.6 is 0 Å². The monoisotopic (exact) mass is 276 g/mol. The molecule has 1 fully saturated rings. The highest BCUT2D eigenvalue weighted by Gasteiger charge is 2.31. The van der Waals surface area contributed by atoms with Gasteiger partial charge in [0, 0.05) is 19.6 Å². The lowest BCUT2D eigenvalue weighted by Gasteiger charge is -2.27. The minimum Gasteiger partial charge on any atom is -0.251 e. The predicted octanol–water partition coefficient (Wildman–Crippen LogP) is 3.34. The summed E-state index contributed by atoms with van der Waals surface area (Å²) in [7, 11) is 0. The molecule has 106 valence electrons. The van der Waals surface area contributed by atoms with Crippen LogP contribution in [0.25, 0.3) is 0 Å². The van der Waals surface area contributed by atoms with E-state index in [-0.39, 0.29) is 6.54 Å². The normalized spacial score (nSPS) is 17.7. The molecular weight excluding hydrogens is 260 g/mol. The molecule has 0 spiro atoms. The number of hydrogen-bond acceptors (Lipinski definition) is 2. The number of hydrazine groups is 1. The fraction of sp³-hybridized carbons (Fsp3) is 0.538. The fourth-order valence-electron chi connectivity index (χ4n) is 2.17. The van der Waals surface area contributed by atoms with Gasteiger partial charge in [-0.2, -0.15) is 13.2 Å². The van der Waals surface area contributed by atoms with Crippen molar-refractivity contribution >= 4 is 0 Å². The summed E-state index contributed by atoms with van der Waals surface area (Å²) >= 11 is 0. The van der Waals surface area contributed by atoms with Crippen molar-refractivity contribution in [3.05, 3.63) is 35.1 Å². The van der Waals surface area contributed by atoms with Gasteiger partial charge in [0.05, 0.1) is 5.56 Å². The topological polar surface area (TPSA) is 15.3 Å². The smallest absolute Gasteiger partial charge is 0.251 e. The maximum Gasteiger partial charge on any atom is 0.416 e. The van der Waals surface area contributed by atoms with Crippen LogP contribution in [0.5, 0.6) is 0 Å². The predicted molar refractivity (Wildman–Crippen MR) is 63.7 cm³/mol. The summed E-state index contributed by atoms with van der Waals surface area (Å²) in [6.07, 6.45) is -1.19. The van der Waals surface area contributed by atoms with Crippen LogP contribution < -0.4 is 5.43 Å². The summed E-state index contributed by atoms with van der Waals surface area (Å²) < 4.78 is 50.8. The molecule has 0 aromatic heterocycles. The van der Waals surface area contributed by atoms with Crippen LogP contribution in [-0.2, 0) is 12.7 Å². The first-order valence-corrected chi connectivity index (χ1v) is 6.30. The van der Waals surface area contributed by atoms with Gasteiger partial charge in [-0.25, -0.2) is 9.40 Å². The molecule has 1 aliphatic rings. The standard InChI is InChI=1S/C13H16F4N2/c14-12-7-10(6-11(8-12)13(15,16)17)9-18-19-4-2-1-3-5-19/h6-8,18H,1-5,9H2. The Morgan fingerprint density at radius 1 is 1.05 bits per heavy atom. The molecule has 1 saturated heterocycles. The molecule has 1 aromatic rings. The lowest BCUT2D eigenvalue weighted by molar-refractivity contribution is -0.137. The quantitative estimate of drug-likeness (QED) is 0.852. The van der Waals surface area contributed by atoms with Gasteiger partial charge >= 0.3 is 6.18 Å². The first-order valence-electron chi connectivity index (χ1n) is 6.30. The Labute approximate surface area is 109 Å². The lowest BCUT2D eigenvalue weighted by Crippen LogP contribution is -2.41. The van der Waals surface area contributed by atoms with E-state index in [1.54, 1.807) is 0 Å². The van der Waals surface area contributed by atoms with Crippen molar-refractivity contribution in [2.75, 3.05) is 13.1 Å². The SMILES string of the molecule is Fc1cc(CNN2CCCCC2)cc(C(F)(F)F)c1. The van der Waals surface area contributed by atoms with Gasteiger partial charge in [0.1, 0.15) is 5.82 Å². The summed E-state index contributed by atoms with van der Waals surface area (Å²) in [5, 5.41) is 1.97. The Morgan fingerprint density at radius 3 is 2.37 bits per heavy atom. The molecule has 0 unspecified atom stereocenters. The van der Waals surface area contributed by atoms with Crippen molar-refractivity contribution in [3.63, 3.8) is 0 Å². The third kappa shape index (κ3) is 4.18. The molecule has 0 amide bonds. The third-order valence-corrected chi connectivity index (χ3v) is 3.15. The van der Waals surface area contributed by atoms with Crippen molar-refractivity contribution in [1.82, 2.24) is 10.4 Å². The number of hydrogen-bond donors (Lipinski definition) is 1. The van der Waals surface area contributed by atoms with E-state index in [0.717, 1.165) is 38.1 Å². The van der Waals surface area contributed by atoms with Crippen LogP contribution in [0.3, 0.4) is 0 Å². The molecule has 1 aromatic carbocycles. The van der Waals surface area contributed by atoms with Gasteiger partial charge in [-0.3, -0.25) is 5.43 Å². The van der Waals surface area contributed by atoms with Crippen LogP contribution in [-0.4, -0.2) is 18.1 Å². The lowest BCUT2D eigenvalue weighted by atomic mass is 10.1. The van der Waals surface area contributed by atoms with E-state index >= 15 is 0 Å². The van der Waals surface area contributed by atoms with Crippen molar-refractivity contribution in [2.45, 2.75) is 32.0 Å². The van der Waals surface area contributed by atoms with Crippen LogP contribution in [0.15, 0.2) is 18.2 Å². The molecule has 0 saturated carbocycles. The Bertz CT molecular complexity index is 425. The van der Waals surface area contributed by atoms with E-state index in [0.29, 0.717) is 11.6 Å². The number of piperidine rings is 1. The Morgan fingerprint density at radius 2 is 1.74 bits per heavy atom. The minimum atomic E-state index is -4.51. The molecule has 2 nitrogen and oxygen atoms in total. The molecule has 19 heavy (non-hydrogen) atoms. The molecule has 0 radical (unpaired) electrons. The second-order valence-electron chi connectivity index (χ2n) is 4.73.